The van der Waals surface area contributed by atoms with Crippen LogP contribution in [0.3, 0.4) is 0 Å². The number of carbonyl (C=O) groups is 1. The number of aromatic nitrogens is 2. The van der Waals surface area contributed by atoms with Gasteiger partial charge in [-0.2, -0.15) is 14.6 Å². The molecule has 1 amide bonds. The molecule has 1 N–H and O–H groups in total. The minimum absolute atomic E-state index is 0.00386. The molecule has 2 saturated heterocycles. The number of hydrogen-bond donors (Lipinski definition) is 1. The van der Waals surface area contributed by atoms with Crippen molar-refractivity contribution >= 4 is 45.1 Å². The Labute approximate surface area is 229 Å². The Morgan fingerprint density at radius 3 is 2.77 bits per heavy atom. The highest BCUT2D eigenvalue weighted by atomic mass is 32.2. The molecular formula is C27H32N8O3S. The van der Waals surface area contributed by atoms with Crippen molar-refractivity contribution in [3.8, 4) is 6.07 Å². The summed E-state index contributed by atoms with van der Waals surface area (Å²) in [6, 6.07) is 9.64. The molecule has 1 aromatic carbocycles. The maximum absolute atomic E-state index is 12.2. The van der Waals surface area contributed by atoms with Gasteiger partial charge in [-0.25, -0.2) is 13.4 Å². The van der Waals surface area contributed by atoms with E-state index in [-0.39, 0.29) is 5.91 Å². The lowest BCUT2D eigenvalue weighted by atomic mass is 9.95. The lowest BCUT2D eigenvalue weighted by Crippen LogP contribution is -2.50. The van der Waals surface area contributed by atoms with Gasteiger partial charge in [0.05, 0.1) is 6.07 Å². The van der Waals surface area contributed by atoms with Crippen molar-refractivity contribution in [3.05, 3.63) is 54.8 Å². The Balaban J connectivity index is 1.20. The van der Waals surface area contributed by atoms with Crippen molar-refractivity contribution < 1.29 is 13.2 Å². The van der Waals surface area contributed by atoms with Crippen LogP contribution < -0.4 is 15.1 Å². The largest absolute Gasteiger partial charge is 0.369 e. The van der Waals surface area contributed by atoms with E-state index < -0.39 is 15.8 Å². The van der Waals surface area contributed by atoms with Gasteiger partial charge >= 0.3 is 0 Å². The molecule has 4 heterocycles. The minimum Gasteiger partial charge on any atom is -0.369 e. The van der Waals surface area contributed by atoms with Gasteiger partial charge in [0.25, 0.3) is 0 Å². The monoisotopic (exact) mass is 548 g/mol. The Bertz CT molecular complexity index is 1410. The highest BCUT2D eigenvalue weighted by Crippen LogP contribution is 2.28. The molecule has 3 aliphatic heterocycles. The van der Waals surface area contributed by atoms with Crippen molar-refractivity contribution in [1.29, 1.82) is 5.26 Å². The molecule has 2 fully saturated rings. The maximum atomic E-state index is 12.2. The zero-order valence-electron chi connectivity index (χ0n) is 21.7. The number of nitrogens with zero attached hydrogens (tertiary/aromatic N) is 7. The van der Waals surface area contributed by atoms with E-state index in [1.807, 2.05) is 41.4 Å². The first kappa shape index (κ1) is 26.6. The van der Waals surface area contributed by atoms with Gasteiger partial charge in [0, 0.05) is 75.5 Å². The van der Waals surface area contributed by atoms with E-state index in [9.17, 15) is 13.2 Å². The topological polar surface area (TPSA) is 126 Å². The number of benzene rings is 1. The second-order valence-corrected chi connectivity index (χ2v) is 11.9. The minimum atomic E-state index is -3.53. The second kappa shape index (κ2) is 11.4. The molecule has 5 rings (SSSR count). The van der Waals surface area contributed by atoms with E-state index in [4.69, 9.17) is 10.2 Å². The van der Waals surface area contributed by atoms with Crippen LogP contribution in [-0.2, 0) is 14.8 Å². The number of hydrogen-bond acceptors (Lipinski definition) is 9. The van der Waals surface area contributed by atoms with E-state index in [0.29, 0.717) is 38.0 Å². The fourth-order valence-electron chi connectivity index (χ4n) is 5.11. The first-order valence-electron chi connectivity index (χ1n) is 13.0. The summed E-state index contributed by atoms with van der Waals surface area (Å²) in [4.78, 5) is 27.2. The first-order valence-corrected chi connectivity index (χ1v) is 14.6. The third-order valence-corrected chi connectivity index (χ3v) is 8.96. The van der Waals surface area contributed by atoms with Crippen LogP contribution >= 0.6 is 0 Å². The van der Waals surface area contributed by atoms with Crippen LogP contribution in [0.25, 0.3) is 6.08 Å². The normalized spacial score (nSPS) is 17.8. The summed E-state index contributed by atoms with van der Waals surface area (Å²) in [7, 11) is -3.53. The number of nitrogens with one attached hydrogen (secondary N) is 1. The summed E-state index contributed by atoms with van der Waals surface area (Å²) in [5.74, 6) is 1.38. The highest BCUT2D eigenvalue weighted by molar-refractivity contribution is 7.89. The van der Waals surface area contributed by atoms with Crippen LogP contribution in [-0.4, -0.2) is 91.6 Å². The Morgan fingerprint density at radius 2 is 2.03 bits per heavy atom. The number of likely N-dealkylation sites (tertiary alicyclic amines) is 1. The van der Waals surface area contributed by atoms with Crippen LogP contribution in [0.5, 0.6) is 0 Å². The van der Waals surface area contributed by atoms with Gasteiger partial charge in [0.2, 0.25) is 21.9 Å². The standard InChI is InChI=1S/C27H32N8O3S/c1-2-25(36)34-19-21(20-34)8-11-33-10-4-5-22-18-29-27(31-26(22)33)30-23-6-3-7-24(17-23)32-12-14-35(15-13-32)39(37,38)16-9-28/h2-7,17-18,21H,1,8,10-16,19-20H2,(H,29,30,31). The van der Waals surface area contributed by atoms with Gasteiger partial charge in [-0.1, -0.05) is 24.8 Å². The summed E-state index contributed by atoms with van der Waals surface area (Å²) >= 11 is 0. The average molecular weight is 549 g/mol. The molecule has 204 valence electrons. The molecule has 3 aliphatic rings. The van der Waals surface area contributed by atoms with E-state index in [1.54, 1.807) is 6.07 Å². The third kappa shape index (κ3) is 6.05. The predicted octanol–water partition coefficient (Wildman–Crippen LogP) is 2.06. The van der Waals surface area contributed by atoms with Gasteiger partial charge in [-0.3, -0.25) is 4.79 Å². The predicted molar refractivity (Wildman–Crippen MR) is 151 cm³/mol. The van der Waals surface area contributed by atoms with Crippen LogP contribution in [0.15, 0.2) is 49.2 Å². The van der Waals surface area contributed by atoms with Crippen molar-refractivity contribution in [2.24, 2.45) is 5.92 Å². The molecule has 39 heavy (non-hydrogen) atoms. The van der Waals surface area contributed by atoms with Crippen LogP contribution in [0.1, 0.15) is 12.0 Å². The lowest BCUT2D eigenvalue weighted by Gasteiger charge is -2.40. The molecule has 2 aromatic rings. The number of piperazine rings is 1. The number of sulfonamides is 1. The molecule has 0 saturated carbocycles. The number of anilines is 4. The number of nitriles is 1. The zero-order valence-corrected chi connectivity index (χ0v) is 22.6. The van der Waals surface area contributed by atoms with Gasteiger partial charge in [-0.05, 0) is 36.6 Å². The van der Waals surface area contributed by atoms with Gasteiger partial charge in [-0.15, -0.1) is 0 Å². The molecule has 0 aliphatic carbocycles. The molecule has 0 unspecified atom stereocenters. The average Bonchev–Trinajstić information content (AvgIpc) is 2.92. The van der Waals surface area contributed by atoms with Crippen LogP contribution in [0, 0.1) is 17.2 Å². The zero-order chi connectivity index (χ0) is 27.4. The van der Waals surface area contributed by atoms with Crippen molar-refractivity contribution in [3.63, 3.8) is 0 Å². The fourth-order valence-corrected chi connectivity index (χ4v) is 6.18. The summed E-state index contributed by atoms with van der Waals surface area (Å²) in [5.41, 5.74) is 2.79. The van der Waals surface area contributed by atoms with Gasteiger partial charge < -0.3 is 20.0 Å². The number of rotatable bonds is 9. The molecule has 0 bridgehead atoms. The van der Waals surface area contributed by atoms with Crippen LogP contribution in [0.2, 0.25) is 0 Å². The molecule has 0 radical (unpaired) electrons. The lowest BCUT2D eigenvalue weighted by molar-refractivity contribution is -0.132. The molecule has 12 heteroatoms. The van der Waals surface area contributed by atoms with Crippen molar-refractivity contribution in [1.82, 2.24) is 19.2 Å². The molecule has 1 aromatic heterocycles. The Kier molecular flexibility index (Phi) is 7.81. The van der Waals surface area contributed by atoms with Crippen molar-refractivity contribution in [2.75, 3.05) is 73.2 Å². The smallest absolute Gasteiger partial charge is 0.245 e. The molecule has 11 nitrogen and oxygen atoms in total. The maximum Gasteiger partial charge on any atom is 0.245 e. The second-order valence-electron chi connectivity index (χ2n) is 9.90. The summed E-state index contributed by atoms with van der Waals surface area (Å²) in [6.07, 6.45) is 8.33. The van der Waals surface area contributed by atoms with Gasteiger partial charge in [0.15, 0.2) is 5.75 Å². The molecular weight excluding hydrogens is 516 g/mol. The summed E-state index contributed by atoms with van der Waals surface area (Å²) in [5, 5.41) is 12.1. The fraction of sp³-hybridized carbons (Fsp3) is 0.407. The summed E-state index contributed by atoms with van der Waals surface area (Å²) < 4.78 is 25.8. The van der Waals surface area contributed by atoms with Crippen LogP contribution in [0.4, 0.5) is 23.1 Å². The number of carbonyl (C=O) groups excluding carboxylic acids is 1. The Morgan fingerprint density at radius 1 is 1.23 bits per heavy atom. The van der Waals surface area contributed by atoms with Gasteiger partial charge in [0.1, 0.15) is 5.82 Å². The van der Waals surface area contributed by atoms with E-state index in [1.165, 1.54) is 10.4 Å². The van der Waals surface area contributed by atoms with E-state index in [2.05, 4.69) is 32.8 Å². The van der Waals surface area contributed by atoms with E-state index >= 15 is 0 Å². The quantitative estimate of drug-likeness (QED) is 0.469. The number of amides is 1. The molecule has 0 spiro atoms. The van der Waals surface area contributed by atoms with E-state index in [0.717, 1.165) is 55.4 Å². The summed E-state index contributed by atoms with van der Waals surface area (Å²) in [6.45, 7) is 8.52. The third-order valence-electron chi connectivity index (χ3n) is 7.32. The Hall–Kier alpha value is -3.95. The number of fused-ring (bicyclic) bond motifs is 1. The van der Waals surface area contributed by atoms with Crippen molar-refractivity contribution in [2.45, 2.75) is 6.42 Å². The highest BCUT2D eigenvalue weighted by Gasteiger charge is 2.30. The SMILES string of the molecule is C=CC(=O)N1CC(CCN2CC=Cc3cnc(Nc4cccc(N5CCN(S(=O)(=O)CC#N)CC5)c4)nc32)C1. The first-order chi connectivity index (χ1) is 18.9. The molecule has 0 atom stereocenters.